The Morgan fingerprint density at radius 2 is 1.51 bits per heavy atom. The van der Waals surface area contributed by atoms with Gasteiger partial charge in [0.1, 0.15) is 23.4 Å². The molecule has 0 aliphatic heterocycles. The van der Waals surface area contributed by atoms with Gasteiger partial charge in [-0.3, -0.25) is 14.4 Å². The number of nitrogens with one attached hydrogen (secondary N) is 2. The van der Waals surface area contributed by atoms with E-state index in [0.717, 1.165) is 0 Å². The Kier molecular flexibility index (Phi) is 10.5. The standard InChI is InChI=1S/C29H40N4O6/c1-28(2,3)33(26(36)22(17-18-23(30)34)32-27(37)39-29(4,5)6)24(19-11-9-8-10-12-19)25(35)31-20-13-15-21(38-7)16-14-20/h8-16,22,24H,17-18H2,1-7H3,(H2,30,34)(H,31,35)(H,32,37). The van der Waals surface area contributed by atoms with Crippen LogP contribution in [0.15, 0.2) is 54.6 Å². The molecule has 10 nitrogen and oxygen atoms in total. The molecule has 2 unspecified atom stereocenters. The van der Waals surface area contributed by atoms with Crippen LogP contribution in [-0.4, -0.2) is 53.0 Å². The summed E-state index contributed by atoms with van der Waals surface area (Å²) in [6, 6.07) is 13.4. The maximum Gasteiger partial charge on any atom is 0.408 e. The van der Waals surface area contributed by atoms with Crippen molar-refractivity contribution >= 4 is 29.5 Å². The van der Waals surface area contributed by atoms with E-state index in [0.29, 0.717) is 17.0 Å². The number of alkyl carbamates (subject to hydrolysis) is 1. The molecule has 0 aliphatic rings. The lowest BCUT2D eigenvalue weighted by atomic mass is 9.94. The highest BCUT2D eigenvalue weighted by molar-refractivity contribution is 5.99. The molecule has 0 spiro atoms. The molecule has 0 radical (unpaired) electrons. The number of carbonyl (C=O) groups is 4. The first kappa shape index (κ1) is 31.1. The van der Waals surface area contributed by atoms with E-state index in [4.69, 9.17) is 15.2 Å². The lowest BCUT2D eigenvalue weighted by Crippen LogP contribution is -2.58. The number of nitrogens with two attached hydrogens (primary N) is 1. The minimum Gasteiger partial charge on any atom is -0.497 e. The maximum absolute atomic E-state index is 14.2. The highest BCUT2D eigenvalue weighted by atomic mass is 16.6. The van der Waals surface area contributed by atoms with Crippen LogP contribution < -0.4 is 21.1 Å². The van der Waals surface area contributed by atoms with Crippen molar-refractivity contribution in [3.05, 3.63) is 60.2 Å². The summed E-state index contributed by atoms with van der Waals surface area (Å²) in [6.45, 7) is 10.5. The average Bonchev–Trinajstić information content (AvgIpc) is 2.83. The van der Waals surface area contributed by atoms with Gasteiger partial charge in [-0.1, -0.05) is 30.3 Å². The zero-order valence-corrected chi connectivity index (χ0v) is 23.7. The van der Waals surface area contributed by atoms with Gasteiger partial charge in [-0.25, -0.2) is 4.79 Å². The predicted octanol–water partition coefficient (Wildman–Crippen LogP) is 4.16. The van der Waals surface area contributed by atoms with Gasteiger partial charge in [-0.05, 0) is 77.8 Å². The molecule has 4 amide bonds. The van der Waals surface area contributed by atoms with Crippen LogP contribution in [0, 0.1) is 0 Å². The molecular formula is C29H40N4O6. The SMILES string of the molecule is COc1ccc(NC(=O)C(c2ccccc2)N(C(=O)C(CCC(N)=O)NC(=O)OC(C)(C)C)C(C)(C)C)cc1. The van der Waals surface area contributed by atoms with Crippen molar-refractivity contribution in [3.8, 4) is 5.75 Å². The highest BCUT2D eigenvalue weighted by Gasteiger charge is 2.42. The first-order chi connectivity index (χ1) is 18.1. The molecule has 0 fully saturated rings. The van der Waals surface area contributed by atoms with Crippen LogP contribution in [0.5, 0.6) is 5.75 Å². The molecule has 0 aromatic heterocycles. The average molecular weight is 541 g/mol. The van der Waals surface area contributed by atoms with Gasteiger partial charge in [0.25, 0.3) is 5.91 Å². The summed E-state index contributed by atoms with van der Waals surface area (Å²) >= 11 is 0. The Balaban J connectivity index is 2.53. The first-order valence-corrected chi connectivity index (χ1v) is 12.7. The lowest BCUT2D eigenvalue weighted by molar-refractivity contribution is -0.147. The number of methoxy groups -OCH3 is 1. The van der Waals surface area contributed by atoms with Crippen molar-refractivity contribution in [2.75, 3.05) is 12.4 Å². The number of ether oxygens (including phenoxy) is 2. The number of benzene rings is 2. The third-order valence-corrected chi connectivity index (χ3v) is 5.61. The number of carbonyl (C=O) groups excluding carboxylic acids is 4. The van der Waals surface area contributed by atoms with Crippen molar-refractivity contribution in [1.29, 1.82) is 0 Å². The van der Waals surface area contributed by atoms with Gasteiger partial charge in [0.15, 0.2) is 0 Å². The normalized spacial score (nSPS) is 13.0. The molecule has 0 saturated carbocycles. The fourth-order valence-electron chi connectivity index (χ4n) is 3.94. The fraction of sp³-hybridized carbons (Fsp3) is 0.448. The molecule has 2 rings (SSSR count). The van der Waals surface area contributed by atoms with Crippen LogP contribution in [0.25, 0.3) is 0 Å². The highest BCUT2D eigenvalue weighted by Crippen LogP contribution is 2.31. The topological polar surface area (TPSA) is 140 Å². The Bertz CT molecular complexity index is 1140. The molecule has 4 N–H and O–H groups in total. The van der Waals surface area contributed by atoms with Crippen LogP contribution in [0.4, 0.5) is 10.5 Å². The molecule has 212 valence electrons. The molecule has 0 aliphatic carbocycles. The summed E-state index contributed by atoms with van der Waals surface area (Å²) in [4.78, 5) is 53.7. The molecule has 0 bridgehead atoms. The third kappa shape index (κ3) is 9.63. The van der Waals surface area contributed by atoms with Crippen molar-refractivity contribution < 1.29 is 28.7 Å². The largest absolute Gasteiger partial charge is 0.497 e. The summed E-state index contributed by atoms with van der Waals surface area (Å²) < 4.78 is 10.5. The Labute approximate surface area is 230 Å². The summed E-state index contributed by atoms with van der Waals surface area (Å²) in [5.41, 5.74) is 4.75. The van der Waals surface area contributed by atoms with Gasteiger partial charge in [-0.15, -0.1) is 0 Å². The van der Waals surface area contributed by atoms with Crippen molar-refractivity contribution in [2.24, 2.45) is 5.73 Å². The number of nitrogens with zero attached hydrogens (tertiary/aromatic N) is 1. The van der Waals surface area contributed by atoms with Gasteiger partial charge < -0.3 is 30.7 Å². The van der Waals surface area contributed by atoms with Gasteiger partial charge in [0.2, 0.25) is 11.8 Å². The molecule has 2 aromatic carbocycles. The van der Waals surface area contributed by atoms with Gasteiger partial charge in [0.05, 0.1) is 7.11 Å². The molecule has 39 heavy (non-hydrogen) atoms. The number of rotatable bonds is 10. The van der Waals surface area contributed by atoms with Gasteiger partial charge >= 0.3 is 6.09 Å². The maximum atomic E-state index is 14.2. The summed E-state index contributed by atoms with van der Waals surface area (Å²) in [5.74, 6) is -1.02. The van der Waals surface area contributed by atoms with E-state index in [2.05, 4.69) is 10.6 Å². The van der Waals surface area contributed by atoms with Crippen molar-refractivity contribution in [3.63, 3.8) is 0 Å². The number of anilines is 1. The zero-order valence-electron chi connectivity index (χ0n) is 23.7. The minimum atomic E-state index is -1.17. The monoisotopic (exact) mass is 540 g/mol. The Morgan fingerprint density at radius 3 is 2.00 bits per heavy atom. The van der Waals surface area contributed by atoms with E-state index in [1.807, 2.05) is 6.07 Å². The second-order valence-electron chi connectivity index (χ2n) is 11.1. The Hall–Kier alpha value is -4.08. The summed E-state index contributed by atoms with van der Waals surface area (Å²) in [5, 5.41) is 5.47. The van der Waals surface area contributed by atoms with Crippen LogP contribution in [0.2, 0.25) is 0 Å². The van der Waals surface area contributed by atoms with E-state index in [1.54, 1.807) is 97.2 Å². The number of primary amides is 1. The van der Waals surface area contributed by atoms with Crippen LogP contribution in [0.3, 0.4) is 0 Å². The van der Waals surface area contributed by atoms with Crippen LogP contribution in [-0.2, 0) is 19.1 Å². The van der Waals surface area contributed by atoms with Crippen LogP contribution >= 0.6 is 0 Å². The molecule has 2 aromatic rings. The van der Waals surface area contributed by atoms with E-state index in [9.17, 15) is 19.2 Å². The molecule has 10 heteroatoms. The number of hydrogen-bond donors (Lipinski definition) is 3. The first-order valence-electron chi connectivity index (χ1n) is 12.7. The van der Waals surface area contributed by atoms with Crippen LogP contribution in [0.1, 0.15) is 66.0 Å². The van der Waals surface area contributed by atoms with E-state index in [1.165, 1.54) is 4.90 Å². The second-order valence-corrected chi connectivity index (χ2v) is 11.1. The van der Waals surface area contributed by atoms with E-state index >= 15 is 0 Å². The van der Waals surface area contributed by atoms with Gasteiger partial charge in [-0.2, -0.15) is 0 Å². The fourth-order valence-corrected chi connectivity index (χ4v) is 3.94. The van der Waals surface area contributed by atoms with E-state index < -0.39 is 47.0 Å². The summed E-state index contributed by atoms with van der Waals surface area (Å²) in [7, 11) is 1.55. The smallest absolute Gasteiger partial charge is 0.408 e. The van der Waals surface area contributed by atoms with Gasteiger partial charge in [0, 0.05) is 17.6 Å². The summed E-state index contributed by atoms with van der Waals surface area (Å²) in [6.07, 6.45) is -1.04. The van der Waals surface area contributed by atoms with E-state index in [-0.39, 0.29) is 12.8 Å². The van der Waals surface area contributed by atoms with Crippen molar-refractivity contribution in [2.45, 2.75) is 77.6 Å². The lowest BCUT2D eigenvalue weighted by Gasteiger charge is -2.43. The third-order valence-electron chi connectivity index (χ3n) is 5.61. The minimum absolute atomic E-state index is 0.0679. The molecule has 0 heterocycles. The molecule has 0 saturated heterocycles. The Morgan fingerprint density at radius 1 is 0.923 bits per heavy atom. The number of hydrogen-bond acceptors (Lipinski definition) is 6. The quantitative estimate of drug-likeness (QED) is 0.413. The number of amides is 4. The van der Waals surface area contributed by atoms with Crippen molar-refractivity contribution in [1.82, 2.24) is 10.2 Å². The predicted molar refractivity (Wildman–Crippen MR) is 149 cm³/mol. The zero-order chi connectivity index (χ0) is 29.4. The molecule has 2 atom stereocenters. The molecular weight excluding hydrogens is 500 g/mol. The second kappa shape index (κ2) is 13.1.